The molecule has 212 valence electrons. The number of hydrogen-bond acceptors (Lipinski definition) is 2. The SMILES string of the molecule is C=C/C=C(\C=C/C)N(C)C1=CC=C(c2c3ccccc3c(-c3ccc(N(C)c4ccccc4)cc3)c3ccccc23)CC1. The minimum atomic E-state index is 0.981. The van der Waals surface area contributed by atoms with E-state index in [4.69, 9.17) is 0 Å². The maximum atomic E-state index is 3.90. The van der Waals surface area contributed by atoms with Gasteiger partial charge in [0.2, 0.25) is 0 Å². The Morgan fingerprint density at radius 1 is 0.651 bits per heavy atom. The Morgan fingerprint density at radius 2 is 1.21 bits per heavy atom. The van der Waals surface area contributed by atoms with E-state index >= 15 is 0 Å². The van der Waals surface area contributed by atoms with Crippen molar-refractivity contribution in [2.75, 3.05) is 19.0 Å². The van der Waals surface area contributed by atoms with Crippen LogP contribution in [-0.4, -0.2) is 19.0 Å². The average molecular weight is 559 g/mol. The summed E-state index contributed by atoms with van der Waals surface area (Å²) in [4.78, 5) is 4.50. The Labute approximate surface area is 255 Å². The van der Waals surface area contributed by atoms with E-state index < -0.39 is 0 Å². The van der Waals surface area contributed by atoms with Crippen molar-refractivity contribution in [1.82, 2.24) is 4.90 Å². The molecule has 0 N–H and O–H groups in total. The molecule has 0 aliphatic heterocycles. The first-order valence-electron chi connectivity index (χ1n) is 15.0. The number of allylic oxidation sites excluding steroid dienone is 8. The average Bonchev–Trinajstić information content (AvgIpc) is 3.07. The summed E-state index contributed by atoms with van der Waals surface area (Å²) in [5.41, 5.74) is 10.1. The lowest BCUT2D eigenvalue weighted by Gasteiger charge is -2.27. The summed E-state index contributed by atoms with van der Waals surface area (Å²) in [6, 6.07) is 37.3. The lowest BCUT2D eigenvalue weighted by molar-refractivity contribution is 0.509. The summed E-state index contributed by atoms with van der Waals surface area (Å²) in [5.74, 6) is 0. The van der Waals surface area contributed by atoms with Gasteiger partial charge in [0.25, 0.3) is 0 Å². The zero-order valence-electron chi connectivity index (χ0n) is 25.3. The van der Waals surface area contributed by atoms with Crippen LogP contribution in [0.5, 0.6) is 0 Å². The van der Waals surface area contributed by atoms with Crippen LogP contribution < -0.4 is 4.90 Å². The lowest BCUT2D eigenvalue weighted by atomic mass is 9.83. The number of rotatable bonds is 8. The molecule has 6 rings (SSSR count). The van der Waals surface area contributed by atoms with Crippen LogP contribution in [0.3, 0.4) is 0 Å². The highest BCUT2D eigenvalue weighted by Crippen LogP contribution is 2.44. The fraction of sp³-hybridized carbons (Fsp3) is 0.122. The third-order valence-electron chi connectivity index (χ3n) is 8.51. The van der Waals surface area contributed by atoms with Gasteiger partial charge < -0.3 is 9.80 Å². The smallest absolute Gasteiger partial charge is 0.0408 e. The van der Waals surface area contributed by atoms with E-state index in [2.05, 4.69) is 171 Å². The summed E-state index contributed by atoms with van der Waals surface area (Å²) in [5, 5.41) is 5.19. The number of nitrogens with zero attached hydrogens (tertiary/aromatic N) is 2. The van der Waals surface area contributed by atoms with Crippen molar-refractivity contribution >= 4 is 38.5 Å². The number of fused-ring (bicyclic) bond motifs is 2. The zero-order valence-corrected chi connectivity index (χ0v) is 25.3. The van der Waals surface area contributed by atoms with Crippen molar-refractivity contribution in [3.05, 3.63) is 163 Å². The van der Waals surface area contributed by atoms with E-state index in [1.807, 2.05) is 6.08 Å². The van der Waals surface area contributed by atoms with Gasteiger partial charge in [-0.25, -0.2) is 0 Å². The Bertz CT molecular complexity index is 1850. The third kappa shape index (κ3) is 5.45. The van der Waals surface area contributed by atoms with E-state index in [0.29, 0.717) is 0 Å². The number of para-hydroxylation sites is 1. The zero-order chi connectivity index (χ0) is 29.8. The van der Waals surface area contributed by atoms with E-state index in [9.17, 15) is 0 Å². The molecule has 0 atom stereocenters. The van der Waals surface area contributed by atoms with Gasteiger partial charge in [0.1, 0.15) is 0 Å². The molecule has 0 heterocycles. The normalized spacial score (nSPS) is 13.7. The van der Waals surface area contributed by atoms with Gasteiger partial charge in [0.05, 0.1) is 0 Å². The molecule has 2 nitrogen and oxygen atoms in total. The first-order chi connectivity index (χ1) is 21.1. The van der Waals surface area contributed by atoms with Gasteiger partial charge in [-0.15, -0.1) is 0 Å². The van der Waals surface area contributed by atoms with Crippen LogP contribution in [0.25, 0.3) is 38.2 Å². The Balaban J connectivity index is 1.46. The summed E-state index contributed by atoms with van der Waals surface area (Å²) < 4.78 is 0. The molecule has 0 radical (unpaired) electrons. The molecule has 2 heteroatoms. The lowest BCUT2D eigenvalue weighted by Crippen LogP contribution is -2.17. The van der Waals surface area contributed by atoms with Crippen molar-refractivity contribution in [1.29, 1.82) is 0 Å². The molecule has 1 aliphatic rings. The molecular weight excluding hydrogens is 520 g/mol. The topological polar surface area (TPSA) is 6.48 Å². The maximum Gasteiger partial charge on any atom is 0.0408 e. The summed E-state index contributed by atoms with van der Waals surface area (Å²) in [7, 11) is 4.26. The van der Waals surface area contributed by atoms with E-state index in [1.165, 1.54) is 60.9 Å². The Hall–Kier alpha value is -5.08. The molecule has 5 aromatic rings. The first kappa shape index (κ1) is 28.1. The molecule has 0 aromatic heterocycles. The van der Waals surface area contributed by atoms with Gasteiger partial charge in [-0.05, 0) is 106 Å². The Kier molecular flexibility index (Phi) is 8.11. The van der Waals surface area contributed by atoms with E-state index in [-0.39, 0.29) is 0 Å². The highest BCUT2D eigenvalue weighted by Gasteiger charge is 2.20. The third-order valence-corrected chi connectivity index (χ3v) is 8.51. The predicted octanol–water partition coefficient (Wildman–Crippen LogP) is 11.1. The van der Waals surface area contributed by atoms with E-state index in [1.54, 1.807) is 0 Å². The fourth-order valence-corrected chi connectivity index (χ4v) is 6.29. The van der Waals surface area contributed by atoms with Gasteiger partial charge in [0, 0.05) is 36.9 Å². The minimum absolute atomic E-state index is 0.981. The van der Waals surface area contributed by atoms with Gasteiger partial charge in [0.15, 0.2) is 0 Å². The molecular formula is C41H38N2. The molecule has 1 aliphatic carbocycles. The second kappa shape index (κ2) is 12.4. The quantitative estimate of drug-likeness (QED) is 0.138. The van der Waals surface area contributed by atoms with Gasteiger partial charge >= 0.3 is 0 Å². The molecule has 0 spiro atoms. The largest absolute Gasteiger partial charge is 0.348 e. The summed E-state index contributed by atoms with van der Waals surface area (Å²) in [6.07, 6.45) is 14.7. The highest BCUT2D eigenvalue weighted by molar-refractivity contribution is 6.18. The van der Waals surface area contributed by atoms with Crippen LogP contribution in [0, 0.1) is 0 Å². The van der Waals surface area contributed by atoms with Crippen molar-refractivity contribution in [3.8, 4) is 11.1 Å². The van der Waals surface area contributed by atoms with Crippen molar-refractivity contribution in [2.45, 2.75) is 19.8 Å². The molecule has 43 heavy (non-hydrogen) atoms. The summed E-state index contributed by atoms with van der Waals surface area (Å²) >= 11 is 0. The molecule has 0 fully saturated rings. The molecule has 0 amide bonds. The molecule has 0 saturated heterocycles. The monoisotopic (exact) mass is 558 g/mol. The predicted molar refractivity (Wildman–Crippen MR) is 188 cm³/mol. The van der Waals surface area contributed by atoms with Crippen molar-refractivity contribution < 1.29 is 0 Å². The highest BCUT2D eigenvalue weighted by atomic mass is 15.1. The van der Waals surface area contributed by atoms with E-state index in [0.717, 1.165) is 18.5 Å². The first-order valence-corrected chi connectivity index (χ1v) is 15.0. The second-order valence-corrected chi connectivity index (χ2v) is 11.0. The number of benzene rings is 5. The van der Waals surface area contributed by atoms with Crippen LogP contribution in [0.1, 0.15) is 25.3 Å². The van der Waals surface area contributed by atoms with Crippen molar-refractivity contribution in [3.63, 3.8) is 0 Å². The van der Waals surface area contributed by atoms with Crippen molar-refractivity contribution in [2.24, 2.45) is 0 Å². The maximum absolute atomic E-state index is 3.90. The molecule has 5 aromatic carbocycles. The Morgan fingerprint density at radius 3 is 1.74 bits per heavy atom. The number of likely N-dealkylation sites (N-methyl/N-ethyl adjacent to an activating group) is 1. The van der Waals surface area contributed by atoms with Gasteiger partial charge in [-0.1, -0.05) is 104 Å². The van der Waals surface area contributed by atoms with Crippen LogP contribution in [0.4, 0.5) is 11.4 Å². The fourth-order valence-electron chi connectivity index (χ4n) is 6.29. The van der Waals surface area contributed by atoms with Gasteiger partial charge in [-0.3, -0.25) is 0 Å². The molecule has 0 unspecified atom stereocenters. The standard InChI is InChI=1S/C41H38N2/c1-5-14-32(15-6-2)42(3)34-26-22-30(23-27-34)40-36-18-10-12-20-38(36)41(39-21-13-11-19-37(39)40)31-24-28-35(29-25-31)43(4)33-16-8-7-9-17-33/h5-22,24-26,28-29H,1,23,27H2,2-4H3/b15-6-,32-14+. The number of hydrogen-bond donors (Lipinski definition) is 0. The van der Waals surface area contributed by atoms with Gasteiger partial charge in [-0.2, -0.15) is 0 Å². The molecule has 0 bridgehead atoms. The van der Waals surface area contributed by atoms with Crippen LogP contribution in [0.2, 0.25) is 0 Å². The van der Waals surface area contributed by atoms with Crippen LogP contribution in [0.15, 0.2) is 158 Å². The summed E-state index contributed by atoms with van der Waals surface area (Å²) in [6.45, 7) is 5.95. The number of anilines is 2. The second-order valence-electron chi connectivity index (χ2n) is 11.0. The minimum Gasteiger partial charge on any atom is -0.348 e. The molecule has 0 saturated carbocycles. The van der Waals surface area contributed by atoms with Crippen LogP contribution >= 0.6 is 0 Å². The van der Waals surface area contributed by atoms with Crippen LogP contribution in [-0.2, 0) is 0 Å².